The first-order valence-electron chi connectivity index (χ1n) is 8.95. The molecule has 0 saturated carbocycles. The number of nitrogens with one attached hydrogen (secondary N) is 1. The molecule has 1 N–H and O–H groups in total. The van der Waals surface area contributed by atoms with E-state index in [1.165, 1.54) is 12.1 Å². The first-order valence-corrected chi connectivity index (χ1v) is 8.95. The lowest BCUT2D eigenvalue weighted by atomic mass is 10.1. The van der Waals surface area contributed by atoms with Crippen LogP contribution in [-0.4, -0.2) is 53.6 Å². The van der Waals surface area contributed by atoms with E-state index in [1.807, 2.05) is 13.0 Å². The first-order chi connectivity index (χ1) is 13.2. The van der Waals surface area contributed by atoms with E-state index in [-0.39, 0.29) is 12.4 Å². The number of benzene rings is 1. The second-order valence-electron chi connectivity index (χ2n) is 6.11. The summed E-state index contributed by atoms with van der Waals surface area (Å²) in [4.78, 5) is 17.4. The lowest BCUT2D eigenvalue weighted by Crippen LogP contribution is -2.53. The maximum absolute atomic E-state index is 14.0. The highest BCUT2D eigenvalue weighted by molar-refractivity contribution is 5.80. The molecular weight excluding hydrogens is 345 g/mol. The van der Waals surface area contributed by atoms with Crippen LogP contribution in [-0.2, 0) is 6.54 Å². The Kier molecular flexibility index (Phi) is 6.15. The summed E-state index contributed by atoms with van der Waals surface area (Å²) < 4.78 is 14.0. The van der Waals surface area contributed by atoms with Crippen molar-refractivity contribution in [1.82, 2.24) is 20.2 Å². The van der Waals surface area contributed by atoms with Gasteiger partial charge in [0.25, 0.3) is 0 Å². The fraction of sp³-hybridized carbons (Fsp3) is 0.368. The van der Waals surface area contributed by atoms with E-state index in [0.29, 0.717) is 11.1 Å². The Morgan fingerprint density at radius 1 is 1.26 bits per heavy atom. The molecule has 3 rings (SSSR count). The zero-order valence-corrected chi connectivity index (χ0v) is 15.3. The van der Waals surface area contributed by atoms with Crippen LogP contribution in [0.4, 0.5) is 10.3 Å². The van der Waals surface area contributed by atoms with E-state index in [0.717, 1.165) is 44.6 Å². The second kappa shape index (κ2) is 8.94. The summed E-state index contributed by atoms with van der Waals surface area (Å²) in [5.74, 6) is 1.13. The molecule has 1 aliphatic heterocycles. The molecule has 2 aromatic rings. The van der Waals surface area contributed by atoms with Gasteiger partial charge in [0.05, 0.1) is 18.2 Å². The number of anilines is 1. The van der Waals surface area contributed by atoms with Crippen molar-refractivity contribution < 1.29 is 4.39 Å². The van der Waals surface area contributed by atoms with Crippen LogP contribution in [0.25, 0.3) is 0 Å². The van der Waals surface area contributed by atoms with Gasteiger partial charge in [0.15, 0.2) is 5.96 Å². The monoisotopic (exact) mass is 367 g/mol. The van der Waals surface area contributed by atoms with Gasteiger partial charge in [-0.3, -0.25) is 0 Å². The van der Waals surface area contributed by atoms with E-state index in [4.69, 9.17) is 5.26 Å². The topological polar surface area (TPSA) is 80.4 Å². The third-order valence-corrected chi connectivity index (χ3v) is 4.32. The molecule has 0 atom stereocenters. The fourth-order valence-corrected chi connectivity index (χ4v) is 2.92. The van der Waals surface area contributed by atoms with Gasteiger partial charge in [-0.15, -0.1) is 0 Å². The lowest BCUT2D eigenvalue weighted by molar-refractivity contribution is 0.370. The van der Waals surface area contributed by atoms with Crippen LogP contribution in [0.3, 0.4) is 0 Å². The zero-order chi connectivity index (χ0) is 19.1. The average molecular weight is 367 g/mol. The number of halogens is 1. The van der Waals surface area contributed by atoms with Gasteiger partial charge in [0.1, 0.15) is 5.82 Å². The zero-order valence-electron chi connectivity index (χ0n) is 15.3. The Morgan fingerprint density at radius 3 is 2.67 bits per heavy atom. The number of aliphatic imine (C=N–C) groups is 1. The molecule has 1 aliphatic rings. The molecule has 2 heterocycles. The van der Waals surface area contributed by atoms with Crippen LogP contribution in [0.15, 0.2) is 41.7 Å². The van der Waals surface area contributed by atoms with Crippen LogP contribution < -0.4 is 10.2 Å². The van der Waals surface area contributed by atoms with E-state index in [9.17, 15) is 4.39 Å². The molecule has 7 nitrogen and oxygen atoms in total. The minimum atomic E-state index is -0.348. The molecule has 0 amide bonds. The van der Waals surface area contributed by atoms with Gasteiger partial charge in [0, 0.05) is 50.7 Å². The van der Waals surface area contributed by atoms with Crippen molar-refractivity contribution in [2.24, 2.45) is 4.99 Å². The van der Waals surface area contributed by atoms with Crippen molar-refractivity contribution in [1.29, 1.82) is 5.26 Å². The molecular formula is C19H22FN7. The van der Waals surface area contributed by atoms with Gasteiger partial charge in [-0.05, 0) is 31.2 Å². The predicted octanol–water partition coefficient (Wildman–Crippen LogP) is 1.78. The minimum Gasteiger partial charge on any atom is -0.357 e. The third-order valence-electron chi connectivity index (χ3n) is 4.32. The summed E-state index contributed by atoms with van der Waals surface area (Å²) in [6, 6.07) is 8.17. The number of piperazine rings is 1. The molecule has 8 heteroatoms. The second-order valence-corrected chi connectivity index (χ2v) is 6.11. The Bertz CT molecular complexity index is 824. The number of nitrogens with zero attached hydrogens (tertiary/aromatic N) is 6. The molecule has 1 fully saturated rings. The Morgan fingerprint density at radius 2 is 2.00 bits per heavy atom. The van der Waals surface area contributed by atoms with E-state index in [1.54, 1.807) is 24.5 Å². The Labute approximate surface area is 158 Å². The van der Waals surface area contributed by atoms with Gasteiger partial charge in [-0.2, -0.15) is 5.26 Å². The largest absolute Gasteiger partial charge is 0.357 e. The number of rotatable bonds is 4. The van der Waals surface area contributed by atoms with Crippen molar-refractivity contribution >= 4 is 11.9 Å². The Hall–Kier alpha value is -3.21. The number of aromatic nitrogens is 2. The van der Waals surface area contributed by atoms with E-state index >= 15 is 0 Å². The summed E-state index contributed by atoms with van der Waals surface area (Å²) >= 11 is 0. The van der Waals surface area contributed by atoms with Gasteiger partial charge in [-0.25, -0.2) is 19.4 Å². The molecule has 1 aromatic heterocycles. The molecule has 27 heavy (non-hydrogen) atoms. The summed E-state index contributed by atoms with van der Waals surface area (Å²) in [6.07, 6.45) is 3.48. The van der Waals surface area contributed by atoms with Crippen molar-refractivity contribution in [3.63, 3.8) is 0 Å². The SMILES string of the molecule is CCNC(=NCc1cc(C#N)ccc1F)N1CCN(c2ncccn2)CC1. The van der Waals surface area contributed by atoms with E-state index in [2.05, 4.69) is 30.1 Å². The quantitative estimate of drug-likeness (QED) is 0.655. The maximum atomic E-state index is 14.0. The van der Waals surface area contributed by atoms with Crippen LogP contribution in [0.2, 0.25) is 0 Å². The summed E-state index contributed by atoms with van der Waals surface area (Å²) in [7, 11) is 0. The van der Waals surface area contributed by atoms with Crippen molar-refractivity contribution in [2.45, 2.75) is 13.5 Å². The van der Waals surface area contributed by atoms with Gasteiger partial charge >= 0.3 is 0 Å². The fourth-order valence-electron chi connectivity index (χ4n) is 2.92. The normalized spacial score (nSPS) is 14.8. The smallest absolute Gasteiger partial charge is 0.225 e. The molecule has 0 aliphatic carbocycles. The summed E-state index contributed by atoms with van der Waals surface area (Å²) in [5, 5.41) is 12.3. The van der Waals surface area contributed by atoms with Gasteiger partial charge in [0.2, 0.25) is 5.95 Å². The van der Waals surface area contributed by atoms with E-state index < -0.39 is 0 Å². The molecule has 0 spiro atoms. The lowest BCUT2D eigenvalue weighted by Gasteiger charge is -2.36. The standard InChI is InChI=1S/C19H22FN7/c1-2-22-18(25-14-16-12-15(13-21)4-5-17(16)20)26-8-10-27(11-9-26)19-23-6-3-7-24-19/h3-7,12H,2,8-11,14H2,1H3,(H,22,25). The van der Waals surface area contributed by atoms with Crippen LogP contribution >= 0.6 is 0 Å². The van der Waals surface area contributed by atoms with Crippen LogP contribution in [0, 0.1) is 17.1 Å². The molecule has 140 valence electrons. The first kappa shape index (κ1) is 18.6. The summed E-state index contributed by atoms with van der Waals surface area (Å²) in [5.41, 5.74) is 0.851. The maximum Gasteiger partial charge on any atom is 0.225 e. The highest BCUT2D eigenvalue weighted by atomic mass is 19.1. The van der Waals surface area contributed by atoms with Crippen molar-refractivity contribution in [3.8, 4) is 6.07 Å². The van der Waals surface area contributed by atoms with Crippen LogP contribution in [0.5, 0.6) is 0 Å². The summed E-state index contributed by atoms with van der Waals surface area (Å²) in [6.45, 7) is 6.02. The highest BCUT2D eigenvalue weighted by Gasteiger charge is 2.21. The predicted molar refractivity (Wildman–Crippen MR) is 102 cm³/mol. The van der Waals surface area contributed by atoms with Crippen molar-refractivity contribution in [2.75, 3.05) is 37.6 Å². The van der Waals surface area contributed by atoms with Gasteiger partial charge < -0.3 is 15.1 Å². The Balaban J connectivity index is 1.67. The highest BCUT2D eigenvalue weighted by Crippen LogP contribution is 2.13. The molecule has 0 bridgehead atoms. The van der Waals surface area contributed by atoms with Crippen molar-refractivity contribution in [3.05, 3.63) is 53.6 Å². The molecule has 0 unspecified atom stereocenters. The minimum absolute atomic E-state index is 0.186. The number of hydrogen-bond acceptors (Lipinski definition) is 5. The molecule has 1 saturated heterocycles. The number of guanidine groups is 1. The average Bonchev–Trinajstić information content (AvgIpc) is 2.73. The number of nitriles is 1. The third kappa shape index (κ3) is 4.70. The molecule has 0 radical (unpaired) electrons. The molecule has 1 aromatic carbocycles. The van der Waals surface area contributed by atoms with Gasteiger partial charge in [-0.1, -0.05) is 0 Å². The number of hydrogen-bond donors (Lipinski definition) is 1. The van der Waals surface area contributed by atoms with Crippen LogP contribution in [0.1, 0.15) is 18.1 Å².